The summed E-state index contributed by atoms with van der Waals surface area (Å²) < 4.78 is 5.09. The third-order valence-corrected chi connectivity index (χ3v) is 3.18. The van der Waals surface area contributed by atoms with Gasteiger partial charge in [-0.2, -0.15) is 0 Å². The first-order valence-corrected chi connectivity index (χ1v) is 7.19. The Morgan fingerprint density at radius 3 is 2.42 bits per heavy atom. The average Bonchev–Trinajstić information content (AvgIpc) is 2.38. The summed E-state index contributed by atoms with van der Waals surface area (Å²) in [5.74, 6) is 0.140. The van der Waals surface area contributed by atoms with Crippen LogP contribution in [0.4, 0.5) is 0 Å². The van der Waals surface area contributed by atoms with Gasteiger partial charge in [-0.3, -0.25) is 4.79 Å². The van der Waals surface area contributed by atoms with E-state index >= 15 is 0 Å². The molecule has 0 rings (SSSR count). The Labute approximate surface area is 118 Å². The second-order valence-corrected chi connectivity index (χ2v) is 5.20. The van der Waals surface area contributed by atoms with E-state index in [0.717, 1.165) is 32.4 Å². The highest BCUT2D eigenvalue weighted by Gasteiger charge is 2.21. The molecule has 0 radical (unpaired) electrons. The van der Waals surface area contributed by atoms with Crippen LogP contribution in [0.15, 0.2) is 0 Å². The van der Waals surface area contributed by atoms with Gasteiger partial charge in [-0.1, -0.05) is 13.3 Å². The van der Waals surface area contributed by atoms with Gasteiger partial charge in [0.1, 0.15) is 0 Å². The molecular formula is C14H31N3O2. The molecule has 0 aromatic rings. The summed E-state index contributed by atoms with van der Waals surface area (Å²) in [7, 11) is 5.75. The van der Waals surface area contributed by atoms with Crippen LogP contribution in [0.25, 0.3) is 0 Å². The van der Waals surface area contributed by atoms with Crippen LogP contribution in [-0.2, 0) is 9.53 Å². The number of carbonyl (C=O) groups excluding carboxylic acids is 1. The first-order valence-electron chi connectivity index (χ1n) is 7.19. The van der Waals surface area contributed by atoms with Gasteiger partial charge in [-0.05, 0) is 33.5 Å². The molecule has 114 valence electrons. The minimum atomic E-state index is -0.0405. The number of methoxy groups -OCH3 is 1. The summed E-state index contributed by atoms with van der Waals surface area (Å²) in [6.45, 7) is 5.52. The molecular weight excluding hydrogens is 242 g/mol. The minimum Gasteiger partial charge on any atom is -0.383 e. The quantitative estimate of drug-likeness (QED) is 0.604. The van der Waals surface area contributed by atoms with E-state index in [1.165, 1.54) is 0 Å². The molecule has 0 aliphatic carbocycles. The zero-order valence-electron chi connectivity index (χ0n) is 13.0. The number of hydrogen-bond donors (Lipinski definition) is 1. The number of nitrogens with two attached hydrogens (primary N) is 1. The minimum absolute atomic E-state index is 0.0405. The summed E-state index contributed by atoms with van der Waals surface area (Å²) in [4.78, 5) is 16.5. The molecule has 5 nitrogen and oxygen atoms in total. The number of carbonyl (C=O) groups is 1. The summed E-state index contributed by atoms with van der Waals surface area (Å²) in [5, 5.41) is 0. The predicted molar refractivity (Wildman–Crippen MR) is 79.1 cm³/mol. The lowest BCUT2D eigenvalue weighted by Gasteiger charge is -2.27. The Hall–Kier alpha value is -0.650. The molecule has 19 heavy (non-hydrogen) atoms. The lowest BCUT2D eigenvalue weighted by molar-refractivity contribution is -0.136. The van der Waals surface area contributed by atoms with Crippen LogP contribution < -0.4 is 5.73 Å². The molecule has 0 aromatic carbocycles. The molecule has 1 atom stereocenters. The largest absolute Gasteiger partial charge is 0.383 e. The molecule has 0 saturated heterocycles. The SMILES string of the molecule is CCCC(CN)C(=O)N(CCCN(C)C)CCOC. The zero-order valence-corrected chi connectivity index (χ0v) is 13.0. The number of hydrogen-bond acceptors (Lipinski definition) is 4. The van der Waals surface area contributed by atoms with E-state index in [9.17, 15) is 4.79 Å². The van der Waals surface area contributed by atoms with Gasteiger partial charge in [0.2, 0.25) is 5.91 Å². The molecule has 5 heteroatoms. The van der Waals surface area contributed by atoms with Crippen LogP contribution in [0, 0.1) is 5.92 Å². The van der Waals surface area contributed by atoms with Gasteiger partial charge in [-0.15, -0.1) is 0 Å². The van der Waals surface area contributed by atoms with Gasteiger partial charge in [0.15, 0.2) is 0 Å². The Kier molecular flexibility index (Phi) is 10.8. The van der Waals surface area contributed by atoms with E-state index in [1.807, 2.05) is 19.0 Å². The monoisotopic (exact) mass is 273 g/mol. The van der Waals surface area contributed by atoms with Crippen molar-refractivity contribution in [3.8, 4) is 0 Å². The Balaban J connectivity index is 4.39. The molecule has 0 spiro atoms. The van der Waals surface area contributed by atoms with Crippen molar-refractivity contribution in [1.82, 2.24) is 9.80 Å². The fourth-order valence-corrected chi connectivity index (χ4v) is 2.06. The van der Waals surface area contributed by atoms with Crippen molar-refractivity contribution in [3.05, 3.63) is 0 Å². The van der Waals surface area contributed by atoms with E-state index < -0.39 is 0 Å². The van der Waals surface area contributed by atoms with Crippen molar-refractivity contribution in [1.29, 1.82) is 0 Å². The van der Waals surface area contributed by atoms with Crippen molar-refractivity contribution in [2.75, 3.05) is 54.0 Å². The van der Waals surface area contributed by atoms with Crippen molar-refractivity contribution in [2.24, 2.45) is 11.7 Å². The van der Waals surface area contributed by atoms with Gasteiger partial charge >= 0.3 is 0 Å². The predicted octanol–water partition coefficient (Wildman–Crippen LogP) is 0.788. The smallest absolute Gasteiger partial charge is 0.227 e. The van der Waals surface area contributed by atoms with E-state index in [0.29, 0.717) is 19.7 Å². The van der Waals surface area contributed by atoms with Crippen LogP contribution in [0.1, 0.15) is 26.2 Å². The number of nitrogens with zero attached hydrogens (tertiary/aromatic N) is 2. The van der Waals surface area contributed by atoms with Crippen LogP contribution >= 0.6 is 0 Å². The molecule has 2 N–H and O–H groups in total. The number of amides is 1. The van der Waals surface area contributed by atoms with Gasteiger partial charge in [-0.25, -0.2) is 0 Å². The normalized spacial score (nSPS) is 12.7. The first-order chi connectivity index (χ1) is 9.06. The van der Waals surface area contributed by atoms with Crippen molar-refractivity contribution >= 4 is 5.91 Å². The van der Waals surface area contributed by atoms with Crippen LogP contribution in [0.2, 0.25) is 0 Å². The molecule has 0 aromatic heterocycles. The molecule has 0 saturated carbocycles. The van der Waals surface area contributed by atoms with Crippen molar-refractivity contribution in [2.45, 2.75) is 26.2 Å². The second-order valence-electron chi connectivity index (χ2n) is 5.20. The summed E-state index contributed by atoms with van der Waals surface area (Å²) in [5.41, 5.74) is 5.72. The maximum Gasteiger partial charge on any atom is 0.227 e. The van der Waals surface area contributed by atoms with Crippen molar-refractivity contribution < 1.29 is 9.53 Å². The van der Waals surface area contributed by atoms with E-state index in [4.69, 9.17) is 10.5 Å². The van der Waals surface area contributed by atoms with Gasteiger partial charge in [0.25, 0.3) is 0 Å². The Morgan fingerprint density at radius 2 is 1.95 bits per heavy atom. The van der Waals surface area contributed by atoms with Crippen molar-refractivity contribution in [3.63, 3.8) is 0 Å². The van der Waals surface area contributed by atoms with E-state index in [1.54, 1.807) is 7.11 Å². The summed E-state index contributed by atoms with van der Waals surface area (Å²) >= 11 is 0. The molecule has 0 bridgehead atoms. The Morgan fingerprint density at radius 1 is 1.26 bits per heavy atom. The first kappa shape index (κ1) is 18.4. The topological polar surface area (TPSA) is 58.8 Å². The third-order valence-electron chi connectivity index (χ3n) is 3.18. The number of rotatable bonds is 11. The fourth-order valence-electron chi connectivity index (χ4n) is 2.06. The third kappa shape index (κ3) is 8.18. The van der Waals surface area contributed by atoms with Gasteiger partial charge in [0, 0.05) is 26.7 Å². The van der Waals surface area contributed by atoms with Crippen LogP contribution in [0.5, 0.6) is 0 Å². The molecule has 0 aliphatic heterocycles. The molecule has 1 amide bonds. The maximum absolute atomic E-state index is 12.4. The van der Waals surface area contributed by atoms with Gasteiger partial charge < -0.3 is 20.3 Å². The standard InChI is InChI=1S/C14H31N3O2/c1-5-7-13(12-15)14(18)17(10-11-19-4)9-6-8-16(2)3/h13H,5-12,15H2,1-4H3. The van der Waals surface area contributed by atoms with Crippen LogP contribution in [-0.4, -0.2) is 69.7 Å². The second kappa shape index (κ2) is 11.2. The highest BCUT2D eigenvalue weighted by molar-refractivity contribution is 5.79. The van der Waals surface area contributed by atoms with Gasteiger partial charge in [0.05, 0.1) is 12.5 Å². The Bertz CT molecular complexity index is 235. The highest BCUT2D eigenvalue weighted by Crippen LogP contribution is 2.10. The number of ether oxygens (including phenoxy) is 1. The molecule has 0 heterocycles. The highest BCUT2D eigenvalue weighted by atomic mass is 16.5. The zero-order chi connectivity index (χ0) is 14.7. The molecule has 1 unspecified atom stereocenters. The summed E-state index contributed by atoms with van der Waals surface area (Å²) in [6, 6.07) is 0. The van der Waals surface area contributed by atoms with E-state index in [-0.39, 0.29) is 11.8 Å². The lowest BCUT2D eigenvalue weighted by atomic mass is 10.0. The molecule has 0 aliphatic rings. The van der Waals surface area contributed by atoms with Crippen LogP contribution in [0.3, 0.4) is 0 Å². The lowest BCUT2D eigenvalue weighted by Crippen LogP contribution is -2.42. The van der Waals surface area contributed by atoms with E-state index in [2.05, 4.69) is 11.8 Å². The average molecular weight is 273 g/mol. The fraction of sp³-hybridized carbons (Fsp3) is 0.929. The maximum atomic E-state index is 12.4. The molecule has 0 fully saturated rings. The summed E-state index contributed by atoms with van der Waals surface area (Å²) in [6.07, 6.45) is 2.84.